The Morgan fingerprint density at radius 2 is 1.96 bits per heavy atom. The molecule has 0 radical (unpaired) electrons. The SMILES string of the molecule is Cc1cc(OCC(=O)Nc2ccc(Br)c(C)c2)c2c3c(c(=O)oc2c1)CCC3. The van der Waals surface area contributed by atoms with Crippen LogP contribution in [0.3, 0.4) is 0 Å². The number of ether oxygens (including phenoxy) is 1. The quantitative estimate of drug-likeness (QED) is 0.596. The third kappa shape index (κ3) is 3.56. The van der Waals surface area contributed by atoms with Gasteiger partial charge in [0.1, 0.15) is 11.3 Å². The number of benzene rings is 2. The fraction of sp³-hybridized carbons (Fsp3) is 0.273. The Balaban J connectivity index is 1.59. The minimum atomic E-state index is -0.264. The minimum absolute atomic E-state index is 0.123. The summed E-state index contributed by atoms with van der Waals surface area (Å²) in [4.78, 5) is 24.6. The molecule has 5 nitrogen and oxygen atoms in total. The van der Waals surface area contributed by atoms with E-state index in [9.17, 15) is 9.59 Å². The summed E-state index contributed by atoms with van der Waals surface area (Å²) in [7, 11) is 0. The fourth-order valence-corrected chi connectivity index (χ4v) is 3.93. The van der Waals surface area contributed by atoms with E-state index in [1.807, 2.05) is 44.2 Å². The molecule has 1 amide bonds. The van der Waals surface area contributed by atoms with E-state index in [-0.39, 0.29) is 18.1 Å². The van der Waals surface area contributed by atoms with Gasteiger partial charge in [-0.1, -0.05) is 15.9 Å². The molecular weight excluding hydrogens is 422 g/mol. The van der Waals surface area contributed by atoms with Crippen LogP contribution in [0, 0.1) is 13.8 Å². The molecule has 1 aromatic heterocycles. The maximum Gasteiger partial charge on any atom is 0.339 e. The van der Waals surface area contributed by atoms with Crippen molar-refractivity contribution in [3.05, 3.63) is 67.5 Å². The Labute approximate surface area is 170 Å². The summed E-state index contributed by atoms with van der Waals surface area (Å²) in [5.41, 5.74) is 4.64. The van der Waals surface area contributed by atoms with Crippen molar-refractivity contribution in [1.29, 1.82) is 0 Å². The molecule has 28 heavy (non-hydrogen) atoms. The number of carbonyl (C=O) groups is 1. The van der Waals surface area contributed by atoms with Crippen molar-refractivity contribution >= 4 is 38.5 Å². The van der Waals surface area contributed by atoms with Crippen molar-refractivity contribution in [2.75, 3.05) is 11.9 Å². The Bertz CT molecular complexity index is 1150. The van der Waals surface area contributed by atoms with Crippen LogP contribution in [0.5, 0.6) is 5.75 Å². The fourth-order valence-electron chi connectivity index (χ4n) is 3.68. The maximum absolute atomic E-state index is 12.4. The van der Waals surface area contributed by atoms with E-state index in [1.54, 1.807) is 0 Å². The number of carbonyl (C=O) groups excluding carboxylic acids is 1. The lowest BCUT2D eigenvalue weighted by molar-refractivity contribution is -0.118. The number of hydrogen-bond acceptors (Lipinski definition) is 4. The second kappa shape index (κ2) is 7.43. The topological polar surface area (TPSA) is 68.5 Å². The number of amides is 1. The first kappa shape index (κ1) is 18.7. The van der Waals surface area contributed by atoms with Crippen LogP contribution >= 0.6 is 15.9 Å². The largest absolute Gasteiger partial charge is 0.483 e. The van der Waals surface area contributed by atoms with Gasteiger partial charge in [0, 0.05) is 15.7 Å². The molecular formula is C22H20BrNO4. The van der Waals surface area contributed by atoms with Gasteiger partial charge < -0.3 is 14.5 Å². The molecule has 1 aliphatic carbocycles. The van der Waals surface area contributed by atoms with Gasteiger partial charge in [0.05, 0.1) is 5.39 Å². The molecule has 1 N–H and O–H groups in total. The van der Waals surface area contributed by atoms with Crippen LogP contribution < -0.4 is 15.7 Å². The molecule has 0 aliphatic heterocycles. The predicted octanol–water partition coefficient (Wildman–Crippen LogP) is 4.68. The van der Waals surface area contributed by atoms with Gasteiger partial charge >= 0.3 is 5.63 Å². The minimum Gasteiger partial charge on any atom is -0.483 e. The van der Waals surface area contributed by atoms with Gasteiger partial charge in [0.15, 0.2) is 6.61 Å². The maximum atomic E-state index is 12.4. The van der Waals surface area contributed by atoms with Gasteiger partial charge in [-0.3, -0.25) is 4.79 Å². The zero-order valence-corrected chi connectivity index (χ0v) is 17.3. The van der Waals surface area contributed by atoms with E-state index in [4.69, 9.17) is 9.15 Å². The van der Waals surface area contributed by atoms with Crippen LogP contribution in [0.25, 0.3) is 11.0 Å². The van der Waals surface area contributed by atoms with Gasteiger partial charge in [0.2, 0.25) is 0 Å². The van der Waals surface area contributed by atoms with Crippen molar-refractivity contribution < 1.29 is 13.9 Å². The van der Waals surface area contributed by atoms with E-state index in [0.717, 1.165) is 57.1 Å². The summed E-state index contributed by atoms with van der Waals surface area (Å²) in [5, 5.41) is 3.66. The number of hydrogen-bond donors (Lipinski definition) is 1. The van der Waals surface area contributed by atoms with Crippen LogP contribution in [0.2, 0.25) is 0 Å². The van der Waals surface area contributed by atoms with E-state index in [2.05, 4.69) is 21.2 Å². The standard InChI is InChI=1S/C22H20BrNO4/c1-12-8-18(21-15-4-3-5-16(15)22(26)28-19(21)9-12)27-11-20(25)24-14-6-7-17(23)13(2)10-14/h6-10H,3-5,11H2,1-2H3,(H,24,25). The first-order valence-electron chi connectivity index (χ1n) is 9.20. The molecule has 0 saturated heterocycles. The molecule has 6 heteroatoms. The van der Waals surface area contributed by atoms with Crippen LogP contribution in [0.4, 0.5) is 5.69 Å². The van der Waals surface area contributed by atoms with Gasteiger partial charge in [0.25, 0.3) is 5.91 Å². The second-order valence-corrected chi connectivity index (χ2v) is 7.99. The van der Waals surface area contributed by atoms with Crippen LogP contribution in [-0.2, 0) is 17.6 Å². The molecule has 0 fully saturated rings. The van der Waals surface area contributed by atoms with E-state index < -0.39 is 0 Å². The van der Waals surface area contributed by atoms with Gasteiger partial charge in [-0.2, -0.15) is 0 Å². The first-order chi connectivity index (χ1) is 13.4. The Morgan fingerprint density at radius 3 is 2.75 bits per heavy atom. The molecule has 144 valence electrons. The molecule has 0 unspecified atom stereocenters. The monoisotopic (exact) mass is 441 g/mol. The van der Waals surface area contributed by atoms with Crippen LogP contribution in [0.15, 0.2) is 44.0 Å². The average Bonchev–Trinajstić information content (AvgIpc) is 3.13. The highest BCUT2D eigenvalue weighted by molar-refractivity contribution is 9.10. The van der Waals surface area contributed by atoms with Crippen molar-refractivity contribution in [3.8, 4) is 5.75 Å². The van der Waals surface area contributed by atoms with Crippen molar-refractivity contribution in [2.24, 2.45) is 0 Å². The summed E-state index contributed by atoms with van der Waals surface area (Å²) in [6, 6.07) is 9.35. The summed E-state index contributed by atoms with van der Waals surface area (Å²) >= 11 is 3.45. The summed E-state index contributed by atoms with van der Waals surface area (Å²) in [6.45, 7) is 3.75. The summed E-state index contributed by atoms with van der Waals surface area (Å²) in [6.07, 6.45) is 2.47. The lowest BCUT2D eigenvalue weighted by Gasteiger charge is -2.13. The summed E-state index contributed by atoms with van der Waals surface area (Å²) < 4.78 is 12.4. The number of rotatable bonds is 4. The first-order valence-corrected chi connectivity index (χ1v) is 9.99. The molecule has 4 rings (SSSR count). The molecule has 2 aromatic carbocycles. The molecule has 0 atom stereocenters. The predicted molar refractivity (Wildman–Crippen MR) is 112 cm³/mol. The van der Waals surface area contributed by atoms with Crippen molar-refractivity contribution in [2.45, 2.75) is 33.1 Å². The second-order valence-electron chi connectivity index (χ2n) is 7.14. The Morgan fingerprint density at radius 1 is 1.18 bits per heavy atom. The third-order valence-electron chi connectivity index (χ3n) is 4.98. The van der Waals surface area contributed by atoms with Crippen LogP contribution in [-0.4, -0.2) is 12.5 Å². The highest BCUT2D eigenvalue weighted by Crippen LogP contribution is 2.35. The third-order valence-corrected chi connectivity index (χ3v) is 5.87. The lowest BCUT2D eigenvalue weighted by atomic mass is 10.0. The number of halogens is 1. The number of fused-ring (bicyclic) bond motifs is 3. The average molecular weight is 442 g/mol. The lowest BCUT2D eigenvalue weighted by Crippen LogP contribution is -2.20. The van der Waals surface area contributed by atoms with Gasteiger partial charge in [-0.25, -0.2) is 4.79 Å². The van der Waals surface area contributed by atoms with Gasteiger partial charge in [-0.05, 0) is 80.1 Å². The van der Waals surface area contributed by atoms with Gasteiger partial charge in [-0.15, -0.1) is 0 Å². The summed E-state index contributed by atoms with van der Waals surface area (Å²) in [5.74, 6) is 0.337. The smallest absolute Gasteiger partial charge is 0.339 e. The normalized spacial score (nSPS) is 12.8. The molecule has 3 aromatic rings. The number of aryl methyl sites for hydroxylation is 3. The highest BCUT2D eigenvalue weighted by atomic mass is 79.9. The Hall–Kier alpha value is -2.60. The zero-order valence-electron chi connectivity index (χ0n) is 15.7. The highest BCUT2D eigenvalue weighted by Gasteiger charge is 2.22. The molecule has 0 spiro atoms. The zero-order chi connectivity index (χ0) is 19.8. The van der Waals surface area contributed by atoms with E-state index in [0.29, 0.717) is 11.3 Å². The molecule has 0 saturated carbocycles. The number of anilines is 1. The van der Waals surface area contributed by atoms with E-state index in [1.165, 1.54) is 0 Å². The molecule has 1 aliphatic rings. The van der Waals surface area contributed by atoms with Crippen LogP contribution in [0.1, 0.15) is 28.7 Å². The molecule has 0 bridgehead atoms. The number of nitrogens with one attached hydrogen (secondary N) is 1. The Kier molecular flexibility index (Phi) is 4.98. The van der Waals surface area contributed by atoms with Crippen molar-refractivity contribution in [1.82, 2.24) is 0 Å². The van der Waals surface area contributed by atoms with E-state index >= 15 is 0 Å². The van der Waals surface area contributed by atoms with Crippen molar-refractivity contribution in [3.63, 3.8) is 0 Å². The molecule has 1 heterocycles.